The first-order valence-corrected chi connectivity index (χ1v) is 21.7. The van der Waals surface area contributed by atoms with Crippen LogP contribution in [0, 0.1) is 0 Å². The Morgan fingerprint density at radius 3 is 1.62 bits per heavy atom. The molecule has 0 spiro atoms. The van der Waals surface area contributed by atoms with E-state index in [0.29, 0.717) is 0 Å². The highest BCUT2D eigenvalue weighted by Crippen LogP contribution is 2.53. The summed E-state index contributed by atoms with van der Waals surface area (Å²) >= 11 is 0. The number of hydrogen-bond donors (Lipinski definition) is 0. The van der Waals surface area contributed by atoms with Crippen LogP contribution in [0.2, 0.25) is 0 Å². The van der Waals surface area contributed by atoms with Crippen molar-refractivity contribution >= 4 is 99.5 Å². The first-order valence-electron chi connectivity index (χ1n) is 21.7. The van der Waals surface area contributed by atoms with Crippen LogP contribution in [0.15, 0.2) is 215 Å². The van der Waals surface area contributed by atoms with Gasteiger partial charge in [-0.3, -0.25) is 0 Å². The van der Waals surface area contributed by atoms with Crippen LogP contribution in [0.3, 0.4) is 0 Å². The number of nitrogens with zero attached hydrogens (tertiary/aromatic N) is 2. The summed E-state index contributed by atoms with van der Waals surface area (Å²) in [6.45, 7) is 4.69. The van der Waals surface area contributed by atoms with Crippen molar-refractivity contribution in [1.29, 1.82) is 0 Å². The molecule has 0 radical (unpaired) electrons. The average Bonchev–Trinajstić information content (AvgIpc) is 3.97. The molecule has 0 fully saturated rings. The Balaban J connectivity index is 1.07. The Morgan fingerprint density at radius 1 is 0.333 bits per heavy atom. The molecular weight excluding hydrogens is 769 g/mol. The van der Waals surface area contributed by atoms with Gasteiger partial charge in [-0.2, -0.15) is 0 Å². The SMILES string of the molecule is CC1(C)c2ccccc2-c2ccc(N(c3ccccc3)c3cc4oc5c6ccccc6c(N(c6ccccc6)c6ccc7oc8ccccc8c7c6)cc5c4c4ccccc34)cc21. The van der Waals surface area contributed by atoms with Crippen molar-refractivity contribution < 1.29 is 8.83 Å². The van der Waals surface area contributed by atoms with Crippen molar-refractivity contribution in [3.8, 4) is 11.1 Å². The Labute approximate surface area is 364 Å². The topological polar surface area (TPSA) is 32.8 Å². The molecule has 63 heavy (non-hydrogen) atoms. The summed E-state index contributed by atoms with van der Waals surface area (Å²) in [6.07, 6.45) is 0. The standard InChI is InChI=1S/C59H40N2O2/c1-59(2)50-27-15-13-21-41(50)42-31-29-40(34-51(42)59)61(38-19-7-4-8-20-38)53-36-56-57(46-25-11-9-22-43(46)53)49-35-52(44-23-10-12-26-47(44)58(49)63-56)60(37-17-5-3-6-18-37)39-30-32-55-48(33-39)45-24-14-16-28-54(45)62-55/h3-36H,1-2H3. The summed E-state index contributed by atoms with van der Waals surface area (Å²) in [5, 5.41) is 8.79. The molecule has 298 valence electrons. The predicted molar refractivity (Wildman–Crippen MR) is 263 cm³/mol. The molecular formula is C59H40N2O2. The highest BCUT2D eigenvalue weighted by atomic mass is 16.3. The largest absolute Gasteiger partial charge is 0.456 e. The molecule has 0 saturated heterocycles. The molecule has 0 aliphatic heterocycles. The molecule has 0 N–H and O–H groups in total. The van der Waals surface area contributed by atoms with E-state index in [0.717, 1.165) is 99.5 Å². The molecule has 0 amide bonds. The van der Waals surface area contributed by atoms with Gasteiger partial charge in [0.2, 0.25) is 0 Å². The van der Waals surface area contributed by atoms with Gasteiger partial charge in [0.05, 0.1) is 11.4 Å². The van der Waals surface area contributed by atoms with Crippen LogP contribution >= 0.6 is 0 Å². The zero-order valence-corrected chi connectivity index (χ0v) is 34.8. The first-order chi connectivity index (χ1) is 31.0. The molecule has 2 aromatic heterocycles. The van der Waals surface area contributed by atoms with E-state index in [2.05, 4.69) is 218 Å². The second-order valence-electron chi connectivity index (χ2n) is 17.3. The third kappa shape index (κ3) is 5.28. The summed E-state index contributed by atoms with van der Waals surface area (Å²) < 4.78 is 13.5. The Hall–Kier alpha value is -8.08. The Morgan fingerprint density at radius 2 is 0.873 bits per heavy atom. The van der Waals surface area contributed by atoms with E-state index < -0.39 is 0 Å². The van der Waals surface area contributed by atoms with Crippen LogP contribution in [-0.4, -0.2) is 0 Å². The number of anilines is 6. The zero-order valence-electron chi connectivity index (χ0n) is 34.8. The fourth-order valence-corrected chi connectivity index (χ4v) is 10.5. The van der Waals surface area contributed by atoms with Gasteiger partial charge in [0.25, 0.3) is 0 Å². The molecule has 0 unspecified atom stereocenters. The maximum atomic E-state index is 7.17. The number of furan rings is 2. The maximum Gasteiger partial charge on any atom is 0.143 e. The summed E-state index contributed by atoms with van der Waals surface area (Å²) in [6, 6.07) is 74.1. The van der Waals surface area contributed by atoms with Crippen molar-refractivity contribution in [2.24, 2.45) is 0 Å². The first kappa shape index (κ1) is 35.7. The van der Waals surface area contributed by atoms with Gasteiger partial charge in [-0.25, -0.2) is 0 Å². The molecule has 0 saturated carbocycles. The van der Waals surface area contributed by atoms with Crippen molar-refractivity contribution in [3.05, 3.63) is 217 Å². The quantitative estimate of drug-likeness (QED) is 0.168. The highest BCUT2D eigenvalue weighted by Gasteiger charge is 2.36. The number of hydrogen-bond acceptors (Lipinski definition) is 4. The van der Waals surface area contributed by atoms with Crippen molar-refractivity contribution in [1.82, 2.24) is 0 Å². The lowest BCUT2D eigenvalue weighted by molar-refractivity contribution is 0.660. The van der Waals surface area contributed by atoms with E-state index in [9.17, 15) is 0 Å². The summed E-state index contributed by atoms with van der Waals surface area (Å²) in [5.41, 5.74) is 15.1. The van der Waals surface area contributed by atoms with Gasteiger partial charge in [-0.1, -0.05) is 147 Å². The molecule has 10 aromatic carbocycles. The fraction of sp³-hybridized carbons (Fsp3) is 0.0508. The minimum atomic E-state index is -0.139. The number of para-hydroxylation sites is 3. The van der Waals surface area contributed by atoms with Crippen molar-refractivity contribution in [2.75, 3.05) is 9.80 Å². The average molecular weight is 809 g/mol. The molecule has 0 atom stereocenters. The molecule has 0 bridgehead atoms. The van der Waals surface area contributed by atoms with E-state index in [-0.39, 0.29) is 5.41 Å². The molecule has 4 heteroatoms. The summed E-state index contributed by atoms with van der Waals surface area (Å²) in [4.78, 5) is 4.79. The number of benzene rings is 10. The van der Waals surface area contributed by atoms with Gasteiger partial charge in [0, 0.05) is 71.9 Å². The van der Waals surface area contributed by atoms with Crippen LogP contribution in [0.1, 0.15) is 25.0 Å². The van der Waals surface area contributed by atoms with Gasteiger partial charge >= 0.3 is 0 Å². The molecule has 12 aromatic rings. The Bertz CT molecular complexity index is 3790. The van der Waals surface area contributed by atoms with Crippen molar-refractivity contribution in [2.45, 2.75) is 19.3 Å². The van der Waals surface area contributed by atoms with E-state index >= 15 is 0 Å². The molecule has 4 nitrogen and oxygen atoms in total. The summed E-state index contributed by atoms with van der Waals surface area (Å²) in [7, 11) is 0. The van der Waals surface area contributed by atoms with E-state index in [1.54, 1.807) is 0 Å². The van der Waals surface area contributed by atoms with Gasteiger partial charge in [0.1, 0.15) is 22.3 Å². The Kier molecular flexibility index (Phi) is 7.62. The lowest BCUT2D eigenvalue weighted by Crippen LogP contribution is -2.16. The van der Waals surface area contributed by atoms with Gasteiger partial charge < -0.3 is 18.6 Å². The van der Waals surface area contributed by atoms with Crippen LogP contribution in [-0.2, 0) is 5.41 Å². The maximum absolute atomic E-state index is 7.17. The van der Waals surface area contributed by atoms with Crippen LogP contribution < -0.4 is 9.80 Å². The number of rotatable bonds is 6. The third-order valence-corrected chi connectivity index (χ3v) is 13.4. The molecule has 13 rings (SSSR count). The lowest BCUT2D eigenvalue weighted by Gasteiger charge is -2.29. The molecule has 1 aliphatic carbocycles. The third-order valence-electron chi connectivity index (χ3n) is 13.4. The van der Waals surface area contributed by atoms with E-state index in [1.807, 2.05) is 12.1 Å². The van der Waals surface area contributed by atoms with Gasteiger partial charge in [-0.05, 0) is 94.4 Å². The highest BCUT2D eigenvalue weighted by molar-refractivity contribution is 6.27. The van der Waals surface area contributed by atoms with Gasteiger partial charge in [0.15, 0.2) is 0 Å². The van der Waals surface area contributed by atoms with Crippen LogP contribution in [0.4, 0.5) is 34.1 Å². The smallest absolute Gasteiger partial charge is 0.143 e. The number of fused-ring (bicyclic) bond motifs is 13. The monoisotopic (exact) mass is 808 g/mol. The van der Waals surface area contributed by atoms with Crippen LogP contribution in [0.25, 0.3) is 76.5 Å². The van der Waals surface area contributed by atoms with Crippen molar-refractivity contribution in [3.63, 3.8) is 0 Å². The van der Waals surface area contributed by atoms with E-state index in [4.69, 9.17) is 8.83 Å². The zero-order chi connectivity index (χ0) is 41.8. The summed E-state index contributed by atoms with van der Waals surface area (Å²) in [5.74, 6) is 0. The molecule has 2 heterocycles. The van der Waals surface area contributed by atoms with Gasteiger partial charge in [-0.15, -0.1) is 0 Å². The van der Waals surface area contributed by atoms with E-state index in [1.165, 1.54) is 22.3 Å². The second-order valence-corrected chi connectivity index (χ2v) is 17.3. The fourth-order valence-electron chi connectivity index (χ4n) is 10.5. The lowest BCUT2D eigenvalue weighted by atomic mass is 9.82. The minimum Gasteiger partial charge on any atom is -0.456 e. The normalized spacial score (nSPS) is 13.0. The van der Waals surface area contributed by atoms with Crippen LogP contribution in [0.5, 0.6) is 0 Å². The predicted octanol–water partition coefficient (Wildman–Crippen LogP) is 17.0. The second kappa shape index (κ2) is 13.5. The molecule has 1 aliphatic rings. The minimum absolute atomic E-state index is 0.139.